The monoisotopic (exact) mass is 317 g/mol. The smallest absolute Gasteiger partial charge is 0.142 e. The van der Waals surface area contributed by atoms with Gasteiger partial charge in [-0.15, -0.1) is 0 Å². The van der Waals surface area contributed by atoms with Gasteiger partial charge in [0.1, 0.15) is 5.82 Å². The van der Waals surface area contributed by atoms with E-state index >= 15 is 0 Å². The average molecular weight is 318 g/mol. The summed E-state index contributed by atoms with van der Waals surface area (Å²) in [7, 11) is 0. The van der Waals surface area contributed by atoms with Gasteiger partial charge in [-0.05, 0) is 49.3 Å². The summed E-state index contributed by atoms with van der Waals surface area (Å²) in [6, 6.07) is 2.95. The standard InChI is InChI=1S/C16H22Cl2FN/c1-3-16(6-4-5-7-16)10-20-11(2)12-8-15(19)14(18)9-13(12)17/h8-9,11,20H,3-7,10H2,1-2H3. The molecule has 0 bridgehead atoms. The first-order chi connectivity index (χ1) is 9.47. The van der Waals surface area contributed by atoms with E-state index in [9.17, 15) is 4.39 Å². The predicted octanol–water partition coefficient (Wildman–Crippen LogP) is 5.75. The fourth-order valence-corrected chi connectivity index (χ4v) is 3.68. The minimum atomic E-state index is -0.411. The Balaban J connectivity index is 2.05. The van der Waals surface area contributed by atoms with Crippen LogP contribution in [0.25, 0.3) is 0 Å². The Morgan fingerprint density at radius 3 is 2.50 bits per heavy atom. The average Bonchev–Trinajstić information content (AvgIpc) is 2.90. The van der Waals surface area contributed by atoms with Crippen molar-refractivity contribution >= 4 is 23.2 Å². The lowest BCUT2D eigenvalue weighted by atomic mass is 9.83. The Morgan fingerprint density at radius 1 is 1.25 bits per heavy atom. The van der Waals surface area contributed by atoms with Gasteiger partial charge < -0.3 is 5.32 Å². The van der Waals surface area contributed by atoms with Crippen LogP contribution in [0.15, 0.2) is 12.1 Å². The highest BCUT2D eigenvalue weighted by Crippen LogP contribution is 2.41. The molecule has 112 valence electrons. The molecule has 1 saturated carbocycles. The van der Waals surface area contributed by atoms with Crippen molar-refractivity contribution in [2.45, 2.75) is 52.0 Å². The summed E-state index contributed by atoms with van der Waals surface area (Å²) in [4.78, 5) is 0. The summed E-state index contributed by atoms with van der Waals surface area (Å²) in [5.74, 6) is -0.411. The van der Waals surface area contributed by atoms with Gasteiger partial charge in [-0.25, -0.2) is 4.39 Å². The highest BCUT2D eigenvalue weighted by Gasteiger charge is 2.32. The molecule has 1 aliphatic carbocycles. The fourth-order valence-electron chi connectivity index (χ4n) is 3.13. The van der Waals surface area contributed by atoms with Crippen molar-refractivity contribution in [3.63, 3.8) is 0 Å². The molecular formula is C16H22Cl2FN. The Labute approximate surface area is 130 Å². The topological polar surface area (TPSA) is 12.0 Å². The summed E-state index contributed by atoms with van der Waals surface area (Å²) in [5.41, 5.74) is 1.18. The van der Waals surface area contributed by atoms with E-state index in [4.69, 9.17) is 23.2 Å². The summed E-state index contributed by atoms with van der Waals surface area (Å²) >= 11 is 11.9. The van der Waals surface area contributed by atoms with Gasteiger partial charge in [0.2, 0.25) is 0 Å². The maximum absolute atomic E-state index is 13.6. The van der Waals surface area contributed by atoms with E-state index in [1.165, 1.54) is 44.2 Å². The molecule has 1 N–H and O–H groups in total. The van der Waals surface area contributed by atoms with Crippen molar-refractivity contribution in [2.75, 3.05) is 6.54 Å². The molecule has 20 heavy (non-hydrogen) atoms. The highest BCUT2D eigenvalue weighted by atomic mass is 35.5. The molecule has 1 aromatic rings. The van der Waals surface area contributed by atoms with Gasteiger partial charge in [-0.2, -0.15) is 0 Å². The van der Waals surface area contributed by atoms with Crippen molar-refractivity contribution in [2.24, 2.45) is 5.41 Å². The van der Waals surface area contributed by atoms with Crippen LogP contribution < -0.4 is 5.32 Å². The zero-order chi connectivity index (χ0) is 14.8. The van der Waals surface area contributed by atoms with Gasteiger partial charge in [0, 0.05) is 17.6 Å². The van der Waals surface area contributed by atoms with Crippen molar-refractivity contribution in [3.8, 4) is 0 Å². The van der Waals surface area contributed by atoms with Crippen LogP contribution in [0.4, 0.5) is 4.39 Å². The van der Waals surface area contributed by atoms with Crippen LogP contribution in [0.2, 0.25) is 10.0 Å². The largest absolute Gasteiger partial charge is 0.310 e. The molecule has 1 aliphatic rings. The van der Waals surface area contributed by atoms with E-state index in [2.05, 4.69) is 12.2 Å². The number of hydrogen-bond donors (Lipinski definition) is 1. The lowest BCUT2D eigenvalue weighted by Gasteiger charge is -2.30. The van der Waals surface area contributed by atoms with Gasteiger partial charge in [0.05, 0.1) is 5.02 Å². The first-order valence-electron chi connectivity index (χ1n) is 7.35. The highest BCUT2D eigenvalue weighted by molar-refractivity contribution is 6.35. The van der Waals surface area contributed by atoms with Crippen LogP contribution in [0.3, 0.4) is 0 Å². The maximum atomic E-state index is 13.6. The molecule has 4 heteroatoms. The number of nitrogens with one attached hydrogen (secondary N) is 1. The maximum Gasteiger partial charge on any atom is 0.142 e. The summed E-state index contributed by atoms with van der Waals surface area (Å²) in [5, 5.41) is 4.12. The summed E-state index contributed by atoms with van der Waals surface area (Å²) in [6.45, 7) is 5.24. The third kappa shape index (κ3) is 3.47. The summed E-state index contributed by atoms with van der Waals surface area (Å²) < 4.78 is 13.6. The molecule has 0 aromatic heterocycles. The van der Waals surface area contributed by atoms with E-state index in [1.54, 1.807) is 0 Å². The zero-order valence-corrected chi connectivity index (χ0v) is 13.6. The second-order valence-corrected chi connectivity index (χ2v) is 6.77. The van der Waals surface area contributed by atoms with Crippen molar-refractivity contribution in [3.05, 3.63) is 33.6 Å². The van der Waals surface area contributed by atoms with Crippen LogP contribution in [0, 0.1) is 11.2 Å². The van der Waals surface area contributed by atoms with Crippen molar-refractivity contribution in [1.82, 2.24) is 5.32 Å². The molecule has 1 nitrogen and oxygen atoms in total. The third-order valence-corrected chi connectivity index (χ3v) is 5.32. The molecule has 0 radical (unpaired) electrons. The fraction of sp³-hybridized carbons (Fsp3) is 0.625. The van der Waals surface area contributed by atoms with Crippen LogP contribution >= 0.6 is 23.2 Å². The van der Waals surface area contributed by atoms with Crippen LogP contribution in [0.5, 0.6) is 0 Å². The lowest BCUT2D eigenvalue weighted by molar-refractivity contribution is 0.259. The van der Waals surface area contributed by atoms with Crippen LogP contribution in [-0.4, -0.2) is 6.54 Å². The molecule has 0 spiro atoms. The molecule has 1 atom stereocenters. The molecule has 0 saturated heterocycles. The quantitative estimate of drug-likeness (QED) is 0.681. The molecular weight excluding hydrogens is 296 g/mol. The molecule has 1 unspecified atom stereocenters. The third-order valence-electron chi connectivity index (χ3n) is 4.70. The lowest BCUT2D eigenvalue weighted by Crippen LogP contribution is -2.33. The Morgan fingerprint density at radius 2 is 1.90 bits per heavy atom. The van der Waals surface area contributed by atoms with Crippen molar-refractivity contribution < 1.29 is 4.39 Å². The minimum absolute atomic E-state index is 0.0262. The van der Waals surface area contributed by atoms with E-state index in [1.807, 2.05) is 6.92 Å². The van der Waals surface area contributed by atoms with E-state index in [0.717, 1.165) is 12.1 Å². The molecule has 0 heterocycles. The predicted molar refractivity (Wildman–Crippen MR) is 84.0 cm³/mol. The molecule has 2 rings (SSSR count). The van der Waals surface area contributed by atoms with Gasteiger partial charge in [-0.3, -0.25) is 0 Å². The van der Waals surface area contributed by atoms with E-state index in [-0.39, 0.29) is 11.1 Å². The molecule has 0 amide bonds. The Hall–Kier alpha value is -0.310. The minimum Gasteiger partial charge on any atom is -0.310 e. The van der Waals surface area contributed by atoms with Crippen molar-refractivity contribution in [1.29, 1.82) is 0 Å². The second kappa shape index (κ2) is 6.64. The summed E-state index contributed by atoms with van der Waals surface area (Å²) in [6.07, 6.45) is 6.40. The van der Waals surface area contributed by atoms with Gasteiger partial charge in [0.25, 0.3) is 0 Å². The van der Waals surface area contributed by atoms with Gasteiger partial charge >= 0.3 is 0 Å². The first kappa shape index (κ1) is 16.1. The van der Waals surface area contributed by atoms with E-state index in [0.29, 0.717) is 10.4 Å². The first-order valence-corrected chi connectivity index (χ1v) is 8.11. The number of rotatable bonds is 5. The Bertz CT molecular complexity index is 470. The molecule has 0 aliphatic heterocycles. The number of halogens is 3. The van der Waals surface area contributed by atoms with Gasteiger partial charge in [0.15, 0.2) is 0 Å². The number of hydrogen-bond acceptors (Lipinski definition) is 1. The SMILES string of the molecule is CCC1(CNC(C)c2cc(F)c(Cl)cc2Cl)CCCC1. The van der Waals surface area contributed by atoms with Gasteiger partial charge in [-0.1, -0.05) is 43.0 Å². The van der Waals surface area contributed by atoms with Crippen LogP contribution in [-0.2, 0) is 0 Å². The molecule has 1 aromatic carbocycles. The molecule has 1 fully saturated rings. The Kier molecular flexibility index (Phi) is 5.33. The van der Waals surface area contributed by atoms with E-state index < -0.39 is 5.82 Å². The second-order valence-electron chi connectivity index (χ2n) is 5.95. The zero-order valence-electron chi connectivity index (χ0n) is 12.1. The number of benzene rings is 1. The normalized spacial score (nSPS) is 19.2. The van der Waals surface area contributed by atoms with Crippen LogP contribution in [0.1, 0.15) is 57.6 Å².